The van der Waals surface area contributed by atoms with Gasteiger partial charge in [-0.15, -0.1) is 0 Å². The van der Waals surface area contributed by atoms with Gasteiger partial charge in [0.2, 0.25) is 0 Å². The fourth-order valence-corrected chi connectivity index (χ4v) is 1.08. The number of rotatable bonds is 1. The SMILES string of the molecule is C=[C]N1CCNCC1C. The second-order valence-electron chi connectivity index (χ2n) is 2.40. The van der Waals surface area contributed by atoms with E-state index in [0.29, 0.717) is 6.04 Å². The van der Waals surface area contributed by atoms with Crippen LogP contribution >= 0.6 is 0 Å². The molecule has 1 radical (unpaired) electrons. The average Bonchev–Trinajstić information content (AvgIpc) is 1.89. The van der Waals surface area contributed by atoms with E-state index in [2.05, 4.69) is 29.9 Å². The molecule has 2 nitrogen and oxygen atoms in total. The summed E-state index contributed by atoms with van der Waals surface area (Å²) in [5, 5.41) is 3.29. The van der Waals surface area contributed by atoms with Crippen LogP contribution in [0.3, 0.4) is 0 Å². The van der Waals surface area contributed by atoms with E-state index in [9.17, 15) is 0 Å². The van der Waals surface area contributed by atoms with Crippen LogP contribution in [0, 0.1) is 6.20 Å². The first-order chi connectivity index (χ1) is 4.34. The zero-order valence-corrected chi connectivity index (χ0v) is 5.85. The molecule has 0 aromatic heterocycles. The van der Waals surface area contributed by atoms with Crippen molar-refractivity contribution in [1.29, 1.82) is 0 Å². The van der Waals surface area contributed by atoms with Crippen molar-refractivity contribution in [2.45, 2.75) is 13.0 Å². The third kappa shape index (κ3) is 1.45. The van der Waals surface area contributed by atoms with Crippen LogP contribution in [0.1, 0.15) is 6.92 Å². The quantitative estimate of drug-likeness (QED) is 0.539. The van der Waals surface area contributed by atoms with E-state index in [0.717, 1.165) is 19.6 Å². The lowest BCUT2D eigenvalue weighted by Gasteiger charge is -2.31. The largest absolute Gasteiger partial charge is 0.365 e. The highest BCUT2D eigenvalue weighted by Gasteiger charge is 2.12. The minimum absolute atomic E-state index is 0.566. The van der Waals surface area contributed by atoms with Crippen molar-refractivity contribution in [3.05, 3.63) is 12.8 Å². The Morgan fingerprint density at radius 1 is 1.78 bits per heavy atom. The van der Waals surface area contributed by atoms with Crippen molar-refractivity contribution in [2.24, 2.45) is 0 Å². The Labute approximate surface area is 56.5 Å². The van der Waals surface area contributed by atoms with Crippen LogP contribution in [0.25, 0.3) is 0 Å². The third-order valence-corrected chi connectivity index (χ3v) is 1.70. The summed E-state index contributed by atoms with van der Waals surface area (Å²) in [7, 11) is 0. The summed E-state index contributed by atoms with van der Waals surface area (Å²) < 4.78 is 0. The highest BCUT2D eigenvalue weighted by atomic mass is 15.2. The van der Waals surface area contributed by atoms with Gasteiger partial charge in [-0.2, -0.15) is 0 Å². The van der Waals surface area contributed by atoms with Crippen LogP contribution in [0.15, 0.2) is 6.58 Å². The Hall–Kier alpha value is -0.500. The van der Waals surface area contributed by atoms with Gasteiger partial charge in [0.25, 0.3) is 0 Å². The molecule has 1 fully saturated rings. The highest BCUT2D eigenvalue weighted by Crippen LogP contribution is 1.99. The highest BCUT2D eigenvalue weighted by molar-refractivity contribution is 4.78. The Morgan fingerprint density at radius 3 is 3.00 bits per heavy atom. The molecule has 0 saturated carbocycles. The molecule has 2 heteroatoms. The van der Waals surface area contributed by atoms with Gasteiger partial charge in [0, 0.05) is 25.7 Å². The van der Waals surface area contributed by atoms with Gasteiger partial charge in [0.15, 0.2) is 0 Å². The third-order valence-electron chi connectivity index (χ3n) is 1.70. The molecule has 0 amide bonds. The second-order valence-corrected chi connectivity index (χ2v) is 2.40. The summed E-state index contributed by atoms with van der Waals surface area (Å²) in [4.78, 5) is 2.14. The van der Waals surface area contributed by atoms with E-state index >= 15 is 0 Å². The van der Waals surface area contributed by atoms with Crippen molar-refractivity contribution in [2.75, 3.05) is 19.6 Å². The molecule has 51 valence electrons. The lowest BCUT2D eigenvalue weighted by atomic mass is 10.2. The van der Waals surface area contributed by atoms with E-state index < -0.39 is 0 Å². The number of hydrogen-bond acceptors (Lipinski definition) is 2. The van der Waals surface area contributed by atoms with Crippen LogP contribution in [-0.2, 0) is 0 Å². The maximum atomic E-state index is 3.61. The van der Waals surface area contributed by atoms with Crippen LogP contribution in [0.5, 0.6) is 0 Å². The molecule has 0 aromatic rings. The summed E-state index contributed by atoms with van der Waals surface area (Å²) >= 11 is 0. The molecule has 1 rings (SSSR count). The molecule has 0 aliphatic carbocycles. The first-order valence-corrected chi connectivity index (χ1v) is 3.34. The Kier molecular flexibility index (Phi) is 2.11. The first kappa shape index (κ1) is 6.62. The number of nitrogens with one attached hydrogen (secondary N) is 1. The van der Waals surface area contributed by atoms with Crippen molar-refractivity contribution in [1.82, 2.24) is 10.2 Å². The number of piperazine rings is 1. The van der Waals surface area contributed by atoms with Crippen molar-refractivity contribution in [3.63, 3.8) is 0 Å². The van der Waals surface area contributed by atoms with Crippen LogP contribution in [-0.4, -0.2) is 30.6 Å². The monoisotopic (exact) mass is 125 g/mol. The van der Waals surface area contributed by atoms with Gasteiger partial charge >= 0.3 is 0 Å². The van der Waals surface area contributed by atoms with Gasteiger partial charge in [-0.25, -0.2) is 0 Å². The van der Waals surface area contributed by atoms with Crippen molar-refractivity contribution in [3.8, 4) is 0 Å². The molecule has 1 aliphatic heterocycles. The fraction of sp³-hybridized carbons (Fsp3) is 0.714. The summed E-state index contributed by atoms with van der Waals surface area (Å²) in [5.74, 6) is 0. The molecule has 0 aromatic carbocycles. The van der Waals surface area contributed by atoms with Gasteiger partial charge < -0.3 is 10.2 Å². The average molecular weight is 125 g/mol. The van der Waals surface area contributed by atoms with Crippen LogP contribution < -0.4 is 5.32 Å². The van der Waals surface area contributed by atoms with E-state index in [1.807, 2.05) is 0 Å². The normalized spacial score (nSPS) is 28.1. The van der Waals surface area contributed by atoms with E-state index in [1.54, 1.807) is 0 Å². The Morgan fingerprint density at radius 2 is 2.56 bits per heavy atom. The van der Waals surface area contributed by atoms with Gasteiger partial charge in [-0.05, 0) is 6.92 Å². The summed E-state index contributed by atoms with van der Waals surface area (Å²) in [6.07, 6.45) is 2.90. The lowest BCUT2D eigenvalue weighted by molar-refractivity contribution is 0.233. The maximum absolute atomic E-state index is 3.61. The summed E-state index contributed by atoms with van der Waals surface area (Å²) in [5.41, 5.74) is 0. The second kappa shape index (κ2) is 2.87. The van der Waals surface area contributed by atoms with E-state index in [4.69, 9.17) is 0 Å². The van der Waals surface area contributed by atoms with Crippen molar-refractivity contribution >= 4 is 0 Å². The molecule has 1 saturated heterocycles. The van der Waals surface area contributed by atoms with Gasteiger partial charge in [0.1, 0.15) is 0 Å². The lowest BCUT2D eigenvalue weighted by Crippen LogP contribution is -2.47. The molecule has 9 heavy (non-hydrogen) atoms. The van der Waals surface area contributed by atoms with Gasteiger partial charge in [-0.3, -0.25) is 0 Å². The minimum Gasteiger partial charge on any atom is -0.365 e. The Balaban J connectivity index is 2.38. The molecular weight excluding hydrogens is 112 g/mol. The predicted molar refractivity (Wildman–Crippen MR) is 37.9 cm³/mol. The Bertz CT molecular complexity index is 101. The molecule has 0 spiro atoms. The maximum Gasteiger partial charge on any atom is 0.0528 e. The molecule has 1 atom stereocenters. The molecule has 1 aliphatic rings. The zero-order chi connectivity index (χ0) is 6.69. The topological polar surface area (TPSA) is 15.3 Å². The van der Waals surface area contributed by atoms with E-state index in [1.165, 1.54) is 0 Å². The number of hydrogen-bond donors (Lipinski definition) is 1. The van der Waals surface area contributed by atoms with Crippen molar-refractivity contribution < 1.29 is 0 Å². The first-order valence-electron chi connectivity index (χ1n) is 3.34. The fourth-order valence-electron chi connectivity index (χ4n) is 1.08. The summed E-state index contributed by atoms with van der Waals surface area (Å²) in [6, 6.07) is 0.566. The molecule has 1 heterocycles. The molecule has 0 bridgehead atoms. The summed E-state index contributed by atoms with van der Waals surface area (Å²) in [6.45, 7) is 8.95. The minimum atomic E-state index is 0.566. The smallest absolute Gasteiger partial charge is 0.0528 e. The van der Waals surface area contributed by atoms with Gasteiger partial charge in [0.05, 0.1) is 6.20 Å². The molecule has 1 unspecified atom stereocenters. The standard InChI is InChI=1S/C7H13N2/c1-3-9-5-4-8-6-7(9)2/h7-8H,1,4-6H2,2H3. The number of nitrogens with zero attached hydrogens (tertiary/aromatic N) is 1. The van der Waals surface area contributed by atoms with Gasteiger partial charge in [-0.1, -0.05) is 6.58 Å². The van der Waals surface area contributed by atoms with Crippen LogP contribution in [0.2, 0.25) is 0 Å². The molecule has 1 N–H and O–H groups in total. The van der Waals surface area contributed by atoms with Crippen LogP contribution in [0.4, 0.5) is 0 Å². The van der Waals surface area contributed by atoms with E-state index in [-0.39, 0.29) is 0 Å². The predicted octanol–water partition coefficient (Wildman–Crippen LogP) is 0.227. The zero-order valence-electron chi connectivity index (χ0n) is 5.85. The molecular formula is C7H13N2.